The predicted octanol–water partition coefficient (Wildman–Crippen LogP) is -0.307. The van der Waals surface area contributed by atoms with E-state index in [0.29, 0.717) is 0 Å². The van der Waals surface area contributed by atoms with Crippen molar-refractivity contribution in [3.8, 4) is 0 Å². The summed E-state index contributed by atoms with van der Waals surface area (Å²) in [6.45, 7) is 5.73. The van der Waals surface area contributed by atoms with Crippen LogP contribution in [0.15, 0.2) is 0 Å². The molecular formula is C9H22N2O2. The molecule has 4 nitrogen and oxygen atoms in total. The lowest BCUT2D eigenvalue weighted by Crippen LogP contribution is -2.54. The van der Waals surface area contributed by atoms with Gasteiger partial charge in [-0.1, -0.05) is 13.8 Å². The fourth-order valence-electron chi connectivity index (χ4n) is 1.09. The zero-order chi connectivity index (χ0) is 10.6. The van der Waals surface area contributed by atoms with Crippen LogP contribution in [0.3, 0.4) is 0 Å². The Balaban J connectivity index is 4.15. The second-order valence-electron chi connectivity index (χ2n) is 3.83. The van der Waals surface area contributed by atoms with Crippen LogP contribution in [-0.2, 0) is 4.74 Å². The molecule has 0 fully saturated rings. The maximum atomic E-state index is 9.73. The van der Waals surface area contributed by atoms with Crippen molar-refractivity contribution in [1.29, 1.82) is 0 Å². The highest BCUT2D eigenvalue weighted by Gasteiger charge is 2.28. The highest BCUT2D eigenvalue weighted by atomic mass is 16.5. The van der Waals surface area contributed by atoms with Crippen LogP contribution in [0.2, 0.25) is 0 Å². The average Bonchev–Trinajstić information content (AvgIpc) is 2.12. The molecule has 0 saturated heterocycles. The van der Waals surface area contributed by atoms with E-state index >= 15 is 0 Å². The number of rotatable bonds is 5. The minimum absolute atomic E-state index is 0.181. The molecule has 5 N–H and O–H groups in total. The van der Waals surface area contributed by atoms with Gasteiger partial charge in [0.05, 0.1) is 18.2 Å². The summed E-state index contributed by atoms with van der Waals surface area (Å²) in [5, 5.41) is 9.73. The van der Waals surface area contributed by atoms with E-state index in [1.54, 1.807) is 7.11 Å². The molecule has 0 aromatic carbocycles. The highest BCUT2D eigenvalue weighted by molar-refractivity contribution is 4.86. The Morgan fingerprint density at radius 3 is 1.85 bits per heavy atom. The van der Waals surface area contributed by atoms with Gasteiger partial charge in [-0.05, 0) is 12.8 Å². The van der Waals surface area contributed by atoms with Crippen molar-refractivity contribution in [2.24, 2.45) is 17.4 Å². The number of aliphatic hydroxyl groups is 1. The second-order valence-corrected chi connectivity index (χ2v) is 3.83. The standard InChI is InChI=1S/C9H22N2O2/c1-5(2)7(10)9(12)8(11)6(3)13-4/h5-9,12H,10-11H2,1-4H3. The van der Waals surface area contributed by atoms with Crippen LogP contribution in [0.4, 0.5) is 0 Å². The molecule has 0 aliphatic heterocycles. The smallest absolute Gasteiger partial charge is 0.0869 e. The normalized spacial score (nSPS) is 21.2. The molecule has 4 atom stereocenters. The van der Waals surface area contributed by atoms with Gasteiger partial charge >= 0.3 is 0 Å². The molecule has 4 unspecified atom stereocenters. The number of nitrogens with two attached hydrogens (primary N) is 2. The maximum absolute atomic E-state index is 9.73. The van der Waals surface area contributed by atoms with E-state index in [1.807, 2.05) is 20.8 Å². The van der Waals surface area contributed by atoms with Crippen LogP contribution >= 0.6 is 0 Å². The summed E-state index contributed by atoms with van der Waals surface area (Å²) in [7, 11) is 1.57. The molecule has 0 aliphatic rings. The fourth-order valence-corrected chi connectivity index (χ4v) is 1.09. The van der Waals surface area contributed by atoms with Crippen molar-refractivity contribution >= 4 is 0 Å². The number of methoxy groups -OCH3 is 1. The van der Waals surface area contributed by atoms with E-state index in [4.69, 9.17) is 16.2 Å². The van der Waals surface area contributed by atoms with Crippen LogP contribution < -0.4 is 11.5 Å². The zero-order valence-electron chi connectivity index (χ0n) is 8.90. The van der Waals surface area contributed by atoms with Gasteiger partial charge < -0.3 is 21.3 Å². The zero-order valence-corrected chi connectivity index (χ0v) is 8.90. The van der Waals surface area contributed by atoms with Gasteiger partial charge in [0.1, 0.15) is 0 Å². The number of aliphatic hydroxyl groups excluding tert-OH is 1. The van der Waals surface area contributed by atoms with E-state index in [9.17, 15) is 5.11 Å². The minimum Gasteiger partial charge on any atom is -0.390 e. The van der Waals surface area contributed by atoms with Gasteiger partial charge in [-0.3, -0.25) is 0 Å². The first kappa shape index (κ1) is 12.8. The fraction of sp³-hybridized carbons (Fsp3) is 1.00. The maximum Gasteiger partial charge on any atom is 0.0869 e. The molecule has 0 rings (SSSR count). The van der Waals surface area contributed by atoms with E-state index in [-0.39, 0.29) is 18.1 Å². The molecule has 80 valence electrons. The third-order valence-corrected chi connectivity index (χ3v) is 2.47. The van der Waals surface area contributed by atoms with Crippen molar-refractivity contribution in [2.45, 2.75) is 45.1 Å². The first-order valence-electron chi connectivity index (χ1n) is 4.63. The summed E-state index contributed by atoms with van der Waals surface area (Å²) in [4.78, 5) is 0. The first-order chi connectivity index (χ1) is 5.91. The highest BCUT2D eigenvalue weighted by Crippen LogP contribution is 2.09. The van der Waals surface area contributed by atoms with E-state index in [0.717, 1.165) is 0 Å². The Morgan fingerprint density at radius 2 is 1.54 bits per heavy atom. The lowest BCUT2D eigenvalue weighted by atomic mass is 9.93. The Morgan fingerprint density at radius 1 is 1.08 bits per heavy atom. The van der Waals surface area contributed by atoms with Gasteiger partial charge in [-0.25, -0.2) is 0 Å². The molecule has 0 heterocycles. The van der Waals surface area contributed by atoms with Crippen LogP contribution in [0.1, 0.15) is 20.8 Å². The van der Waals surface area contributed by atoms with Crippen LogP contribution in [-0.4, -0.2) is 36.5 Å². The number of ether oxygens (including phenoxy) is 1. The van der Waals surface area contributed by atoms with Crippen LogP contribution in [0.25, 0.3) is 0 Å². The van der Waals surface area contributed by atoms with Gasteiger partial charge in [-0.15, -0.1) is 0 Å². The minimum atomic E-state index is -0.713. The van der Waals surface area contributed by atoms with Crippen molar-refractivity contribution in [3.05, 3.63) is 0 Å². The Hall–Kier alpha value is -0.160. The second kappa shape index (κ2) is 5.54. The molecule has 4 heteroatoms. The van der Waals surface area contributed by atoms with Gasteiger partial charge in [0.15, 0.2) is 0 Å². The summed E-state index contributed by atoms with van der Waals surface area (Å²) in [6.07, 6.45) is -0.894. The molecular weight excluding hydrogens is 168 g/mol. The lowest BCUT2D eigenvalue weighted by molar-refractivity contribution is 0.0171. The SMILES string of the molecule is COC(C)C(N)C(O)C(N)C(C)C. The molecule has 0 aromatic rings. The van der Waals surface area contributed by atoms with E-state index < -0.39 is 12.1 Å². The summed E-state index contributed by atoms with van der Waals surface area (Å²) < 4.78 is 5.02. The summed E-state index contributed by atoms with van der Waals surface area (Å²) in [5.74, 6) is 0.213. The molecule has 0 amide bonds. The Kier molecular flexibility index (Phi) is 5.48. The van der Waals surface area contributed by atoms with Gasteiger partial charge in [-0.2, -0.15) is 0 Å². The number of hydrogen-bond donors (Lipinski definition) is 3. The number of hydrogen-bond acceptors (Lipinski definition) is 4. The largest absolute Gasteiger partial charge is 0.390 e. The summed E-state index contributed by atoms with van der Waals surface area (Å²) in [5.41, 5.74) is 11.5. The van der Waals surface area contributed by atoms with Gasteiger partial charge in [0.2, 0.25) is 0 Å². The van der Waals surface area contributed by atoms with Crippen molar-refractivity contribution < 1.29 is 9.84 Å². The average molecular weight is 190 g/mol. The Labute approximate surface area is 80.2 Å². The van der Waals surface area contributed by atoms with Gasteiger partial charge in [0, 0.05) is 13.2 Å². The third kappa shape index (κ3) is 3.60. The molecule has 0 bridgehead atoms. The monoisotopic (exact) mass is 190 g/mol. The third-order valence-electron chi connectivity index (χ3n) is 2.47. The van der Waals surface area contributed by atoms with Gasteiger partial charge in [0.25, 0.3) is 0 Å². The van der Waals surface area contributed by atoms with Crippen molar-refractivity contribution in [3.63, 3.8) is 0 Å². The Bertz CT molecular complexity index is 142. The van der Waals surface area contributed by atoms with Crippen molar-refractivity contribution in [2.75, 3.05) is 7.11 Å². The molecule has 0 aromatic heterocycles. The molecule has 0 saturated carbocycles. The molecule has 0 aliphatic carbocycles. The predicted molar refractivity (Wildman–Crippen MR) is 53.3 cm³/mol. The first-order valence-corrected chi connectivity index (χ1v) is 4.63. The lowest BCUT2D eigenvalue weighted by Gasteiger charge is -2.30. The summed E-state index contributed by atoms with van der Waals surface area (Å²) in [6, 6.07) is -0.727. The van der Waals surface area contributed by atoms with E-state index in [1.165, 1.54) is 0 Å². The molecule has 0 radical (unpaired) electrons. The topological polar surface area (TPSA) is 81.5 Å². The molecule has 13 heavy (non-hydrogen) atoms. The van der Waals surface area contributed by atoms with Crippen LogP contribution in [0.5, 0.6) is 0 Å². The van der Waals surface area contributed by atoms with Crippen LogP contribution in [0, 0.1) is 5.92 Å². The quantitative estimate of drug-likeness (QED) is 0.555. The van der Waals surface area contributed by atoms with Crippen molar-refractivity contribution in [1.82, 2.24) is 0 Å². The van der Waals surface area contributed by atoms with E-state index in [2.05, 4.69) is 0 Å². The summed E-state index contributed by atoms with van der Waals surface area (Å²) >= 11 is 0. The molecule has 0 spiro atoms.